The number of nitrogens with one attached hydrogen (secondary N) is 2. The molecule has 2 N–H and O–H groups in total. The van der Waals surface area contributed by atoms with E-state index in [-0.39, 0.29) is 17.9 Å². The van der Waals surface area contributed by atoms with Crippen LogP contribution in [0.25, 0.3) is 11.3 Å². The molecule has 0 fully saturated rings. The summed E-state index contributed by atoms with van der Waals surface area (Å²) in [6.07, 6.45) is -1.53. The highest BCUT2D eigenvalue weighted by molar-refractivity contribution is 5.98. The van der Waals surface area contributed by atoms with Gasteiger partial charge in [0.25, 0.3) is 5.91 Å². The van der Waals surface area contributed by atoms with Crippen LogP contribution in [0.2, 0.25) is 0 Å². The summed E-state index contributed by atoms with van der Waals surface area (Å²) in [6, 6.07) is 11.7. The molecule has 3 aromatic rings. The maximum Gasteiger partial charge on any atom is 0.449 e. The fourth-order valence-electron chi connectivity index (χ4n) is 2.25. The van der Waals surface area contributed by atoms with Gasteiger partial charge in [-0.1, -0.05) is 36.4 Å². The molecule has 5 nitrogen and oxygen atoms in total. The largest absolute Gasteiger partial charge is 0.449 e. The molecule has 0 unspecified atom stereocenters. The number of benzene rings is 1. The number of H-pyrrole nitrogens is 1. The molecule has 1 amide bonds. The lowest BCUT2D eigenvalue weighted by atomic mass is 10.1. The molecule has 3 rings (SSSR count). The molecular weight excluding hydrogens is 333 g/mol. The number of hydrogen-bond donors (Lipinski definition) is 2. The van der Waals surface area contributed by atoms with Gasteiger partial charge in [-0.2, -0.15) is 13.2 Å². The maximum atomic E-state index is 13.0. The van der Waals surface area contributed by atoms with Gasteiger partial charge >= 0.3 is 6.18 Å². The second-order valence-corrected chi connectivity index (χ2v) is 5.22. The van der Waals surface area contributed by atoms with E-state index < -0.39 is 17.9 Å². The van der Waals surface area contributed by atoms with Crippen molar-refractivity contribution in [1.82, 2.24) is 20.3 Å². The Balaban J connectivity index is 1.91. The van der Waals surface area contributed by atoms with Gasteiger partial charge in [-0.3, -0.25) is 9.78 Å². The van der Waals surface area contributed by atoms with E-state index in [1.54, 1.807) is 54.9 Å². The molecule has 0 aliphatic heterocycles. The third-order valence-electron chi connectivity index (χ3n) is 3.42. The number of pyridine rings is 1. The SMILES string of the molecule is O=C(NCc1cccnc1)c1[nH]c(C(F)(F)F)nc1-c1ccccc1. The molecule has 0 saturated carbocycles. The molecular formula is C17H13F3N4O. The van der Waals surface area contributed by atoms with Crippen LogP contribution in [0.5, 0.6) is 0 Å². The van der Waals surface area contributed by atoms with Crippen molar-refractivity contribution in [3.8, 4) is 11.3 Å². The number of aromatic nitrogens is 3. The smallest absolute Gasteiger partial charge is 0.347 e. The van der Waals surface area contributed by atoms with Crippen LogP contribution < -0.4 is 5.32 Å². The lowest BCUT2D eigenvalue weighted by molar-refractivity contribution is -0.144. The minimum atomic E-state index is -4.68. The van der Waals surface area contributed by atoms with Crippen LogP contribution in [0.3, 0.4) is 0 Å². The van der Waals surface area contributed by atoms with Gasteiger partial charge in [0.15, 0.2) is 0 Å². The van der Waals surface area contributed by atoms with E-state index in [2.05, 4.69) is 20.3 Å². The molecule has 2 heterocycles. The van der Waals surface area contributed by atoms with Crippen LogP contribution >= 0.6 is 0 Å². The number of carbonyl (C=O) groups is 1. The number of alkyl halides is 3. The molecule has 128 valence electrons. The zero-order valence-electron chi connectivity index (χ0n) is 12.8. The van der Waals surface area contributed by atoms with Crippen LogP contribution in [0.1, 0.15) is 21.9 Å². The minimum Gasteiger partial charge on any atom is -0.347 e. The van der Waals surface area contributed by atoms with Crippen molar-refractivity contribution in [3.05, 3.63) is 71.9 Å². The first-order valence-electron chi connectivity index (χ1n) is 7.35. The van der Waals surface area contributed by atoms with E-state index in [9.17, 15) is 18.0 Å². The predicted octanol–water partition coefficient (Wildman–Crippen LogP) is 3.42. The summed E-state index contributed by atoms with van der Waals surface area (Å²) in [4.78, 5) is 22.0. The fourth-order valence-corrected chi connectivity index (χ4v) is 2.25. The third-order valence-corrected chi connectivity index (χ3v) is 3.42. The van der Waals surface area contributed by atoms with Gasteiger partial charge in [0, 0.05) is 24.5 Å². The number of carbonyl (C=O) groups excluding carboxylic acids is 1. The Bertz CT molecular complexity index is 861. The van der Waals surface area contributed by atoms with Crippen molar-refractivity contribution in [3.63, 3.8) is 0 Å². The van der Waals surface area contributed by atoms with E-state index in [1.807, 2.05) is 0 Å². The summed E-state index contributed by atoms with van der Waals surface area (Å²) in [6.45, 7) is 0.140. The van der Waals surface area contributed by atoms with Crippen molar-refractivity contribution in [2.75, 3.05) is 0 Å². The number of rotatable bonds is 4. The molecule has 8 heteroatoms. The van der Waals surface area contributed by atoms with Crippen molar-refractivity contribution in [1.29, 1.82) is 0 Å². The first kappa shape index (κ1) is 16.7. The van der Waals surface area contributed by atoms with E-state index >= 15 is 0 Å². The van der Waals surface area contributed by atoms with Crippen LogP contribution in [0.15, 0.2) is 54.9 Å². The van der Waals surface area contributed by atoms with Crippen molar-refractivity contribution in [2.24, 2.45) is 0 Å². The summed E-state index contributed by atoms with van der Waals surface area (Å²) in [5.41, 5.74) is 0.868. The number of hydrogen-bond acceptors (Lipinski definition) is 3. The average Bonchev–Trinajstić information content (AvgIpc) is 3.07. The molecule has 0 saturated heterocycles. The van der Waals surface area contributed by atoms with Gasteiger partial charge < -0.3 is 10.3 Å². The van der Waals surface area contributed by atoms with Gasteiger partial charge in [0.1, 0.15) is 11.4 Å². The lowest BCUT2D eigenvalue weighted by Crippen LogP contribution is -2.24. The Morgan fingerprint density at radius 1 is 1.12 bits per heavy atom. The Labute approximate surface area is 140 Å². The third kappa shape index (κ3) is 3.85. The summed E-state index contributed by atoms with van der Waals surface area (Å²) in [5, 5.41) is 2.57. The summed E-state index contributed by atoms with van der Waals surface area (Å²) < 4.78 is 38.9. The normalized spacial score (nSPS) is 11.3. The highest BCUT2D eigenvalue weighted by Gasteiger charge is 2.37. The molecule has 0 atom stereocenters. The molecule has 0 radical (unpaired) electrons. The zero-order valence-corrected chi connectivity index (χ0v) is 12.8. The Kier molecular flexibility index (Phi) is 4.51. The monoisotopic (exact) mass is 346 g/mol. The summed E-state index contributed by atoms with van der Waals surface area (Å²) in [7, 11) is 0. The number of aromatic amines is 1. The zero-order chi connectivity index (χ0) is 17.9. The highest BCUT2D eigenvalue weighted by atomic mass is 19.4. The quantitative estimate of drug-likeness (QED) is 0.760. The summed E-state index contributed by atoms with van der Waals surface area (Å²) >= 11 is 0. The van der Waals surface area contributed by atoms with Crippen molar-refractivity contribution in [2.45, 2.75) is 12.7 Å². The first-order chi connectivity index (χ1) is 11.9. The number of amides is 1. The van der Waals surface area contributed by atoms with E-state index in [0.29, 0.717) is 5.56 Å². The second-order valence-electron chi connectivity index (χ2n) is 5.22. The second kappa shape index (κ2) is 6.76. The van der Waals surface area contributed by atoms with Gasteiger partial charge in [-0.05, 0) is 11.6 Å². The molecule has 2 aromatic heterocycles. The maximum absolute atomic E-state index is 13.0. The first-order valence-corrected chi connectivity index (χ1v) is 7.35. The van der Waals surface area contributed by atoms with Crippen LogP contribution in [0, 0.1) is 0 Å². The topological polar surface area (TPSA) is 70.7 Å². The Hall–Kier alpha value is -3.16. The van der Waals surface area contributed by atoms with Crippen LogP contribution in [-0.2, 0) is 12.7 Å². The van der Waals surface area contributed by atoms with E-state index in [0.717, 1.165) is 5.56 Å². The Morgan fingerprint density at radius 2 is 1.88 bits per heavy atom. The number of imidazole rings is 1. The predicted molar refractivity (Wildman–Crippen MR) is 84.4 cm³/mol. The van der Waals surface area contributed by atoms with Gasteiger partial charge in [-0.15, -0.1) is 0 Å². The molecule has 0 spiro atoms. The van der Waals surface area contributed by atoms with E-state index in [4.69, 9.17) is 0 Å². The van der Waals surface area contributed by atoms with Crippen LogP contribution in [-0.4, -0.2) is 20.9 Å². The van der Waals surface area contributed by atoms with Gasteiger partial charge in [0.2, 0.25) is 5.82 Å². The molecule has 0 aliphatic carbocycles. The number of halogens is 3. The van der Waals surface area contributed by atoms with Crippen molar-refractivity contribution >= 4 is 5.91 Å². The molecule has 0 bridgehead atoms. The van der Waals surface area contributed by atoms with Gasteiger partial charge in [0.05, 0.1) is 0 Å². The molecule has 1 aromatic carbocycles. The lowest BCUT2D eigenvalue weighted by Gasteiger charge is -2.05. The van der Waals surface area contributed by atoms with E-state index in [1.165, 1.54) is 0 Å². The minimum absolute atomic E-state index is 0.0448. The summed E-state index contributed by atoms with van der Waals surface area (Å²) in [5.74, 6) is -1.89. The molecule has 25 heavy (non-hydrogen) atoms. The highest BCUT2D eigenvalue weighted by Crippen LogP contribution is 2.31. The van der Waals surface area contributed by atoms with Crippen molar-refractivity contribution < 1.29 is 18.0 Å². The average molecular weight is 346 g/mol. The Morgan fingerprint density at radius 3 is 2.52 bits per heavy atom. The fraction of sp³-hybridized carbons (Fsp3) is 0.118. The molecule has 0 aliphatic rings. The van der Waals surface area contributed by atoms with Gasteiger partial charge in [-0.25, -0.2) is 4.98 Å². The van der Waals surface area contributed by atoms with Crippen LogP contribution in [0.4, 0.5) is 13.2 Å². The number of nitrogens with zero attached hydrogens (tertiary/aromatic N) is 2. The standard InChI is InChI=1S/C17H13F3N4O/c18-17(19,20)16-23-13(12-6-2-1-3-7-12)14(24-16)15(25)22-10-11-5-4-8-21-9-11/h1-9H,10H2,(H,22,25)(H,23,24).